The number of hydrogen-bond donors (Lipinski definition) is 1. The van der Waals surface area contributed by atoms with E-state index in [2.05, 4.69) is 48.8 Å². The van der Waals surface area contributed by atoms with Gasteiger partial charge < -0.3 is 0 Å². The highest BCUT2D eigenvalue weighted by Crippen LogP contribution is 2.45. The van der Waals surface area contributed by atoms with E-state index in [0.717, 1.165) is 12.8 Å². The van der Waals surface area contributed by atoms with Crippen molar-refractivity contribution in [2.45, 2.75) is 57.0 Å². The van der Waals surface area contributed by atoms with Gasteiger partial charge in [-0.2, -0.15) is 0 Å². The van der Waals surface area contributed by atoms with Gasteiger partial charge in [0.1, 0.15) is 5.01 Å². The maximum atomic E-state index is 5.00. The van der Waals surface area contributed by atoms with Crippen LogP contribution in [0, 0.1) is 0 Å². The molecule has 2 nitrogen and oxygen atoms in total. The molecule has 1 atom stereocenters. The largest absolute Gasteiger partial charge is 0.299 e. The number of nitrogens with one attached hydrogen (secondary N) is 1. The minimum Gasteiger partial charge on any atom is -0.299 e. The molecule has 0 amide bonds. The van der Waals surface area contributed by atoms with Crippen LogP contribution in [0.5, 0.6) is 0 Å². The lowest BCUT2D eigenvalue weighted by Crippen LogP contribution is -2.43. The van der Waals surface area contributed by atoms with E-state index in [1.54, 1.807) is 0 Å². The second-order valence-corrected chi connectivity index (χ2v) is 7.57. The predicted molar refractivity (Wildman–Crippen MR) is 87.9 cm³/mol. The average molecular weight is 298 g/mol. The first-order chi connectivity index (χ1) is 10.2. The molecular formula is C18H22N2S. The smallest absolute Gasteiger partial charge is 0.118 e. The van der Waals surface area contributed by atoms with Crippen LogP contribution in [0.15, 0.2) is 29.6 Å². The van der Waals surface area contributed by atoms with Crippen LogP contribution in [0.1, 0.15) is 60.9 Å². The zero-order chi connectivity index (χ0) is 14.4. The molecule has 0 aliphatic heterocycles. The molecule has 3 heteroatoms. The van der Waals surface area contributed by atoms with Gasteiger partial charge >= 0.3 is 0 Å². The van der Waals surface area contributed by atoms with E-state index in [1.807, 2.05) is 11.3 Å². The first-order valence-corrected chi connectivity index (χ1v) is 8.89. The van der Waals surface area contributed by atoms with Gasteiger partial charge in [0.25, 0.3) is 0 Å². The van der Waals surface area contributed by atoms with E-state index in [9.17, 15) is 0 Å². The van der Waals surface area contributed by atoms with Crippen LogP contribution < -0.4 is 5.32 Å². The van der Waals surface area contributed by atoms with Crippen LogP contribution in [-0.4, -0.2) is 11.0 Å². The zero-order valence-corrected chi connectivity index (χ0v) is 13.5. The number of fused-ring (bicyclic) bond motifs is 1. The topological polar surface area (TPSA) is 24.9 Å². The van der Waals surface area contributed by atoms with E-state index in [1.165, 1.54) is 34.7 Å². The average Bonchev–Trinajstić information content (AvgIpc) is 3.02. The lowest BCUT2D eigenvalue weighted by atomic mass is 9.92. The molecule has 2 aliphatic carbocycles. The molecule has 1 aromatic carbocycles. The first kappa shape index (κ1) is 13.5. The lowest BCUT2D eigenvalue weighted by Gasteiger charge is -2.30. The molecule has 1 aromatic heterocycles. The summed E-state index contributed by atoms with van der Waals surface area (Å²) in [4.78, 5) is 5.00. The molecule has 0 spiro atoms. The molecule has 0 bridgehead atoms. The van der Waals surface area contributed by atoms with E-state index in [0.29, 0.717) is 12.0 Å². The maximum absolute atomic E-state index is 5.00. The number of thiazole rings is 1. The molecule has 1 N–H and O–H groups in total. The monoisotopic (exact) mass is 298 g/mol. The Morgan fingerprint density at radius 1 is 1.29 bits per heavy atom. The molecular weight excluding hydrogens is 276 g/mol. The molecule has 1 saturated carbocycles. The Balaban J connectivity index is 1.81. The molecule has 2 aliphatic rings. The van der Waals surface area contributed by atoms with Crippen molar-refractivity contribution in [3.8, 4) is 0 Å². The SMILES string of the molecule is CC(C)c1csc(C2(NC3CC3)CCc3ccccc32)n1. The van der Waals surface area contributed by atoms with Crippen molar-refractivity contribution in [2.75, 3.05) is 0 Å². The summed E-state index contributed by atoms with van der Waals surface area (Å²) in [6.07, 6.45) is 4.93. The number of benzene rings is 1. The van der Waals surface area contributed by atoms with Crippen LogP contribution in [0.25, 0.3) is 0 Å². The van der Waals surface area contributed by atoms with Gasteiger partial charge in [-0.3, -0.25) is 5.32 Å². The summed E-state index contributed by atoms with van der Waals surface area (Å²) in [6, 6.07) is 9.59. The third-order valence-corrected chi connectivity index (χ3v) is 5.78. The minimum atomic E-state index is -0.0322. The summed E-state index contributed by atoms with van der Waals surface area (Å²) >= 11 is 1.83. The van der Waals surface area contributed by atoms with Gasteiger partial charge in [-0.1, -0.05) is 38.1 Å². The number of aryl methyl sites for hydroxylation is 1. The van der Waals surface area contributed by atoms with E-state index in [-0.39, 0.29) is 5.54 Å². The van der Waals surface area contributed by atoms with Crippen LogP contribution in [0.4, 0.5) is 0 Å². The standard InChI is InChI=1S/C18H22N2S/c1-12(2)16-11-21-17(19-16)18(20-14-7-8-14)10-9-13-5-3-4-6-15(13)18/h3-6,11-12,14,20H,7-10H2,1-2H3. The van der Waals surface area contributed by atoms with Crippen molar-refractivity contribution < 1.29 is 0 Å². The number of rotatable bonds is 4. The van der Waals surface area contributed by atoms with Gasteiger partial charge in [-0.25, -0.2) is 4.98 Å². The van der Waals surface area contributed by atoms with Crippen LogP contribution >= 0.6 is 11.3 Å². The van der Waals surface area contributed by atoms with E-state index < -0.39 is 0 Å². The molecule has 1 heterocycles. The molecule has 110 valence electrons. The van der Waals surface area contributed by atoms with Gasteiger partial charge in [0.05, 0.1) is 11.2 Å². The summed E-state index contributed by atoms with van der Waals surface area (Å²) in [6.45, 7) is 4.45. The van der Waals surface area contributed by atoms with E-state index in [4.69, 9.17) is 4.98 Å². The molecule has 4 rings (SSSR count). The Bertz CT molecular complexity index is 657. The van der Waals surface area contributed by atoms with Gasteiger partial charge in [0.15, 0.2) is 0 Å². The Morgan fingerprint density at radius 3 is 2.81 bits per heavy atom. The molecule has 21 heavy (non-hydrogen) atoms. The molecule has 2 aromatic rings. The lowest BCUT2D eigenvalue weighted by molar-refractivity contribution is 0.392. The first-order valence-electron chi connectivity index (χ1n) is 8.01. The Hall–Kier alpha value is -1.19. The summed E-state index contributed by atoms with van der Waals surface area (Å²) < 4.78 is 0. The van der Waals surface area contributed by atoms with Crippen molar-refractivity contribution in [1.82, 2.24) is 10.3 Å². The van der Waals surface area contributed by atoms with E-state index >= 15 is 0 Å². The quantitative estimate of drug-likeness (QED) is 0.914. The van der Waals surface area contributed by atoms with Gasteiger partial charge in [-0.05, 0) is 42.7 Å². The maximum Gasteiger partial charge on any atom is 0.118 e. The van der Waals surface area contributed by atoms with Crippen molar-refractivity contribution in [3.05, 3.63) is 51.5 Å². The van der Waals surface area contributed by atoms with Crippen molar-refractivity contribution in [3.63, 3.8) is 0 Å². The Labute approximate surface area is 130 Å². The van der Waals surface area contributed by atoms with Crippen molar-refractivity contribution >= 4 is 11.3 Å². The molecule has 0 radical (unpaired) electrons. The Kier molecular flexibility index (Phi) is 3.16. The van der Waals surface area contributed by atoms with Crippen LogP contribution in [-0.2, 0) is 12.0 Å². The zero-order valence-electron chi connectivity index (χ0n) is 12.7. The van der Waals surface area contributed by atoms with Gasteiger partial charge in [0.2, 0.25) is 0 Å². The van der Waals surface area contributed by atoms with Gasteiger partial charge in [-0.15, -0.1) is 11.3 Å². The third kappa shape index (κ3) is 2.23. The van der Waals surface area contributed by atoms with Crippen LogP contribution in [0.3, 0.4) is 0 Å². The molecule has 0 saturated heterocycles. The number of aromatic nitrogens is 1. The highest BCUT2D eigenvalue weighted by Gasteiger charge is 2.45. The summed E-state index contributed by atoms with van der Waals surface area (Å²) in [7, 11) is 0. The Morgan fingerprint density at radius 2 is 2.10 bits per heavy atom. The predicted octanol–water partition coefficient (Wildman–Crippen LogP) is 4.21. The van der Waals surface area contributed by atoms with Crippen molar-refractivity contribution in [1.29, 1.82) is 0 Å². The highest BCUT2D eigenvalue weighted by atomic mass is 32.1. The summed E-state index contributed by atoms with van der Waals surface area (Å²) in [5, 5.41) is 7.45. The third-order valence-electron chi connectivity index (χ3n) is 4.75. The van der Waals surface area contributed by atoms with Gasteiger partial charge in [0, 0.05) is 11.4 Å². The molecule has 1 unspecified atom stereocenters. The number of nitrogens with zero attached hydrogens (tertiary/aromatic N) is 1. The second kappa shape index (κ2) is 4.92. The fourth-order valence-corrected chi connectivity index (χ4v) is 4.56. The fraction of sp³-hybridized carbons (Fsp3) is 0.500. The minimum absolute atomic E-state index is 0.0322. The van der Waals surface area contributed by atoms with Crippen molar-refractivity contribution in [2.24, 2.45) is 0 Å². The second-order valence-electron chi connectivity index (χ2n) is 6.71. The molecule has 1 fully saturated rings. The highest BCUT2D eigenvalue weighted by molar-refractivity contribution is 7.09. The normalized spacial score (nSPS) is 24.5. The summed E-state index contributed by atoms with van der Waals surface area (Å²) in [5.74, 6) is 0.504. The summed E-state index contributed by atoms with van der Waals surface area (Å²) in [5.41, 5.74) is 4.15. The fourth-order valence-electron chi connectivity index (χ4n) is 3.37. The van der Waals surface area contributed by atoms with Crippen LogP contribution in [0.2, 0.25) is 0 Å². The number of hydrogen-bond acceptors (Lipinski definition) is 3.